The van der Waals surface area contributed by atoms with Crippen molar-refractivity contribution in [3.63, 3.8) is 0 Å². The summed E-state index contributed by atoms with van der Waals surface area (Å²) in [6.45, 7) is 2.46. The molecule has 4 heteroatoms. The van der Waals surface area contributed by atoms with Crippen molar-refractivity contribution in [1.82, 2.24) is 10.2 Å². The monoisotopic (exact) mass is 212 g/mol. The van der Waals surface area contributed by atoms with Gasteiger partial charge in [0.25, 0.3) is 0 Å². The van der Waals surface area contributed by atoms with E-state index < -0.39 is 0 Å². The molecule has 1 amide bonds. The molecular weight excluding hydrogens is 196 g/mol. The number of amides is 1. The van der Waals surface area contributed by atoms with Crippen molar-refractivity contribution in [1.29, 1.82) is 0 Å². The Labute approximate surface area is 88.7 Å². The SMILES string of the molecule is C[C@H](NCC(=O)N(C)C)c1cccs1. The molecule has 1 aromatic rings. The van der Waals surface area contributed by atoms with Gasteiger partial charge in [-0.3, -0.25) is 4.79 Å². The Balaban J connectivity index is 2.36. The Morgan fingerprint density at radius 2 is 2.36 bits per heavy atom. The molecular formula is C10H16N2OS. The van der Waals surface area contributed by atoms with Gasteiger partial charge in [0.15, 0.2) is 0 Å². The molecule has 0 aliphatic carbocycles. The molecule has 1 aromatic heterocycles. The first-order chi connectivity index (χ1) is 6.61. The fraction of sp³-hybridized carbons (Fsp3) is 0.500. The number of likely N-dealkylation sites (N-methyl/N-ethyl adjacent to an activating group) is 1. The van der Waals surface area contributed by atoms with Gasteiger partial charge in [-0.2, -0.15) is 0 Å². The number of rotatable bonds is 4. The van der Waals surface area contributed by atoms with E-state index in [0.29, 0.717) is 6.54 Å². The van der Waals surface area contributed by atoms with Gasteiger partial charge in [0.2, 0.25) is 5.91 Å². The van der Waals surface area contributed by atoms with E-state index in [1.54, 1.807) is 30.3 Å². The van der Waals surface area contributed by atoms with E-state index in [-0.39, 0.29) is 11.9 Å². The lowest BCUT2D eigenvalue weighted by Gasteiger charge is -2.14. The predicted octanol–water partition coefficient (Wildman–Crippen LogP) is 1.49. The topological polar surface area (TPSA) is 32.3 Å². The lowest BCUT2D eigenvalue weighted by atomic mass is 10.3. The first-order valence-electron chi connectivity index (χ1n) is 4.58. The molecule has 0 radical (unpaired) electrons. The Morgan fingerprint density at radius 1 is 1.64 bits per heavy atom. The summed E-state index contributed by atoms with van der Waals surface area (Å²) < 4.78 is 0. The predicted molar refractivity (Wildman–Crippen MR) is 59.4 cm³/mol. The number of carbonyl (C=O) groups is 1. The molecule has 0 aromatic carbocycles. The summed E-state index contributed by atoms with van der Waals surface area (Å²) in [6.07, 6.45) is 0. The van der Waals surface area contributed by atoms with E-state index >= 15 is 0 Å². The molecule has 1 atom stereocenters. The number of nitrogens with one attached hydrogen (secondary N) is 1. The molecule has 1 rings (SSSR count). The van der Waals surface area contributed by atoms with Crippen molar-refractivity contribution in [2.75, 3.05) is 20.6 Å². The minimum atomic E-state index is 0.105. The largest absolute Gasteiger partial charge is 0.348 e. The van der Waals surface area contributed by atoms with Crippen molar-refractivity contribution < 1.29 is 4.79 Å². The van der Waals surface area contributed by atoms with Crippen LogP contribution in [-0.2, 0) is 4.79 Å². The minimum Gasteiger partial charge on any atom is -0.348 e. The maximum Gasteiger partial charge on any atom is 0.236 e. The van der Waals surface area contributed by atoms with Gasteiger partial charge in [-0.15, -0.1) is 11.3 Å². The second kappa shape index (κ2) is 5.12. The van der Waals surface area contributed by atoms with Gasteiger partial charge in [-0.05, 0) is 18.4 Å². The second-order valence-corrected chi connectivity index (χ2v) is 4.39. The molecule has 0 saturated carbocycles. The Morgan fingerprint density at radius 3 is 2.86 bits per heavy atom. The van der Waals surface area contributed by atoms with Gasteiger partial charge in [-0.25, -0.2) is 0 Å². The molecule has 0 saturated heterocycles. The Kier molecular flexibility index (Phi) is 4.10. The van der Waals surface area contributed by atoms with Gasteiger partial charge in [0, 0.05) is 25.0 Å². The molecule has 0 aliphatic heterocycles. The third kappa shape index (κ3) is 3.12. The van der Waals surface area contributed by atoms with Crippen LogP contribution in [0.4, 0.5) is 0 Å². The molecule has 3 nitrogen and oxygen atoms in total. The number of hydrogen-bond donors (Lipinski definition) is 1. The highest BCUT2D eigenvalue weighted by Crippen LogP contribution is 2.17. The molecule has 0 fully saturated rings. The highest BCUT2D eigenvalue weighted by molar-refractivity contribution is 7.10. The molecule has 1 N–H and O–H groups in total. The Hall–Kier alpha value is -0.870. The van der Waals surface area contributed by atoms with Crippen LogP contribution in [0.2, 0.25) is 0 Å². The maximum absolute atomic E-state index is 11.3. The first kappa shape index (κ1) is 11.2. The minimum absolute atomic E-state index is 0.105. The van der Waals surface area contributed by atoms with E-state index in [0.717, 1.165) is 0 Å². The smallest absolute Gasteiger partial charge is 0.236 e. The van der Waals surface area contributed by atoms with Crippen LogP contribution in [0.3, 0.4) is 0 Å². The van der Waals surface area contributed by atoms with E-state index in [9.17, 15) is 4.79 Å². The summed E-state index contributed by atoms with van der Waals surface area (Å²) in [6, 6.07) is 4.34. The first-order valence-corrected chi connectivity index (χ1v) is 5.46. The fourth-order valence-electron chi connectivity index (χ4n) is 1.04. The van der Waals surface area contributed by atoms with Crippen LogP contribution in [0.5, 0.6) is 0 Å². The standard InChI is InChI=1S/C10H16N2OS/c1-8(9-5-4-6-14-9)11-7-10(13)12(2)3/h4-6,8,11H,7H2,1-3H3/t8-/m0/s1. The fourth-order valence-corrected chi connectivity index (χ4v) is 1.80. The normalized spacial score (nSPS) is 12.5. The maximum atomic E-state index is 11.3. The number of hydrogen-bond acceptors (Lipinski definition) is 3. The molecule has 0 aliphatic rings. The summed E-state index contributed by atoms with van der Waals surface area (Å²) in [5.74, 6) is 0.105. The zero-order valence-electron chi connectivity index (χ0n) is 8.78. The Bertz CT molecular complexity index is 282. The average Bonchev–Trinajstić information content (AvgIpc) is 2.66. The molecule has 78 valence electrons. The van der Waals surface area contributed by atoms with Crippen molar-refractivity contribution in [2.45, 2.75) is 13.0 Å². The van der Waals surface area contributed by atoms with E-state index in [1.807, 2.05) is 11.4 Å². The van der Waals surface area contributed by atoms with Crippen LogP contribution in [0, 0.1) is 0 Å². The molecule has 14 heavy (non-hydrogen) atoms. The van der Waals surface area contributed by atoms with E-state index in [4.69, 9.17) is 0 Å². The quantitative estimate of drug-likeness (QED) is 0.820. The highest BCUT2D eigenvalue weighted by atomic mass is 32.1. The van der Waals surface area contributed by atoms with Crippen LogP contribution < -0.4 is 5.32 Å². The summed E-state index contributed by atoms with van der Waals surface area (Å²) in [5.41, 5.74) is 0. The summed E-state index contributed by atoms with van der Waals surface area (Å²) in [5, 5.41) is 5.23. The van der Waals surface area contributed by atoms with E-state index in [2.05, 4.69) is 18.3 Å². The zero-order valence-corrected chi connectivity index (χ0v) is 9.60. The van der Waals surface area contributed by atoms with Crippen LogP contribution in [0.25, 0.3) is 0 Å². The summed E-state index contributed by atoms with van der Waals surface area (Å²) in [4.78, 5) is 14.1. The number of nitrogens with zero attached hydrogens (tertiary/aromatic N) is 1. The van der Waals surface area contributed by atoms with Crippen molar-refractivity contribution >= 4 is 17.2 Å². The number of thiophene rings is 1. The van der Waals surface area contributed by atoms with Crippen LogP contribution in [-0.4, -0.2) is 31.4 Å². The average molecular weight is 212 g/mol. The van der Waals surface area contributed by atoms with Gasteiger partial charge >= 0.3 is 0 Å². The van der Waals surface area contributed by atoms with Crippen molar-refractivity contribution in [3.8, 4) is 0 Å². The highest BCUT2D eigenvalue weighted by Gasteiger charge is 2.08. The molecule has 0 unspecified atom stereocenters. The van der Waals surface area contributed by atoms with Crippen molar-refractivity contribution in [2.24, 2.45) is 0 Å². The van der Waals surface area contributed by atoms with Gasteiger partial charge in [-0.1, -0.05) is 6.07 Å². The van der Waals surface area contributed by atoms with Crippen LogP contribution >= 0.6 is 11.3 Å². The van der Waals surface area contributed by atoms with Gasteiger partial charge in [0.05, 0.1) is 6.54 Å². The third-order valence-electron chi connectivity index (χ3n) is 2.03. The molecule has 0 spiro atoms. The number of carbonyl (C=O) groups excluding carboxylic acids is 1. The van der Waals surface area contributed by atoms with Crippen LogP contribution in [0.15, 0.2) is 17.5 Å². The third-order valence-corrected chi connectivity index (χ3v) is 3.08. The van der Waals surface area contributed by atoms with Crippen LogP contribution in [0.1, 0.15) is 17.8 Å². The molecule has 0 bridgehead atoms. The zero-order chi connectivity index (χ0) is 10.6. The summed E-state index contributed by atoms with van der Waals surface area (Å²) >= 11 is 1.70. The van der Waals surface area contributed by atoms with Gasteiger partial charge < -0.3 is 10.2 Å². The van der Waals surface area contributed by atoms with Crippen molar-refractivity contribution in [3.05, 3.63) is 22.4 Å². The lowest BCUT2D eigenvalue weighted by molar-refractivity contribution is -0.127. The van der Waals surface area contributed by atoms with E-state index in [1.165, 1.54) is 4.88 Å². The van der Waals surface area contributed by atoms with Gasteiger partial charge in [0.1, 0.15) is 0 Å². The lowest BCUT2D eigenvalue weighted by Crippen LogP contribution is -2.34. The molecule has 1 heterocycles. The second-order valence-electron chi connectivity index (χ2n) is 3.41. The summed E-state index contributed by atoms with van der Waals surface area (Å²) in [7, 11) is 3.53.